The van der Waals surface area contributed by atoms with Crippen molar-refractivity contribution < 1.29 is 4.79 Å². The van der Waals surface area contributed by atoms with E-state index in [2.05, 4.69) is 9.88 Å². The van der Waals surface area contributed by atoms with Crippen LogP contribution in [0.5, 0.6) is 0 Å². The van der Waals surface area contributed by atoms with Crippen LogP contribution in [0.4, 0.5) is 0 Å². The van der Waals surface area contributed by atoms with Crippen molar-refractivity contribution in [3.8, 4) is 6.07 Å². The molecule has 0 aliphatic carbocycles. The number of aromatic nitrogens is 1. The van der Waals surface area contributed by atoms with Crippen molar-refractivity contribution in [1.29, 1.82) is 5.26 Å². The molecule has 2 heterocycles. The molecule has 0 saturated carbocycles. The van der Waals surface area contributed by atoms with Gasteiger partial charge in [0.25, 0.3) is 5.91 Å². The number of hydrogen-bond donors (Lipinski definition) is 0. The van der Waals surface area contributed by atoms with Gasteiger partial charge >= 0.3 is 0 Å². The van der Waals surface area contributed by atoms with E-state index >= 15 is 0 Å². The third-order valence-corrected chi connectivity index (χ3v) is 2.90. The molecule has 0 unspecified atom stereocenters. The maximum atomic E-state index is 12.1. The Morgan fingerprint density at radius 1 is 1.41 bits per heavy atom. The molecular weight excluding hydrogens is 216 g/mol. The highest BCUT2D eigenvalue weighted by Gasteiger charge is 2.21. The summed E-state index contributed by atoms with van der Waals surface area (Å²) in [7, 11) is 2.04. The van der Waals surface area contributed by atoms with E-state index in [1.807, 2.05) is 13.1 Å². The predicted octanol–water partition coefficient (Wildman–Crippen LogP) is 0.341. The fourth-order valence-electron chi connectivity index (χ4n) is 1.79. The maximum Gasteiger partial charge on any atom is 0.272 e. The lowest BCUT2D eigenvalue weighted by Crippen LogP contribution is -2.47. The zero-order valence-electron chi connectivity index (χ0n) is 9.76. The van der Waals surface area contributed by atoms with Crippen LogP contribution in [0.3, 0.4) is 0 Å². The summed E-state index contributed by atoms with van der Waals surface area (Å²) in [6.07, 6.45) is 1.50. The SMILES string of the molecule is CN1CCN(C(=O)c2cc(C#N)ccn2)CC1. The summed E-state index contributed by atoms with van der Waals surface area (Å²) in [5.74, 6) is -0.0878. The summed E-state index contributed by atoms with van der Waals surface area (Å²) in [5, 5.41) is 8.78. The second kappa shape index (κ2) is 4.93. The Balaban J connectivity index is 2.11. The first-order valence-corrected chi connectivity index (χ1v) is 5.54. The Labute approximate surface area is 100 Å². The van der Waals surface area contributed by atoms with Crippen molar-refractivity contribution in [2.75, 3.05) is 33.2 Å². The molecule has 1 fully saturated rings. The van der Waals surface area contributed by atoms with Crippen molar-refractivity contribution in [2.24, 2.45) is 0 Å². The molecular formula is C12H14N4O. The number of hydrogen-bond acceptors (Lipinski definition) is 4. The van der Waals surface area contributed by atoms with Crippen LogP contribution in [0.15, 0.2) is 18.3 Å². The lowest BCUT2D eigenvalue weighted by atomic mass is 10.2. The third-order valence-electron chi connectivity index (χ3n) is 2.90. The van der Waals surface area contributed by atoms with Gasteiger partial charge in [-0.25, -0.2) is 0 Å². The molecule has 1 saturated heterocycles. The first-order valence-electron chi connectivity index (χ1n) is 5.54. The predicted molar refractivity (Wildman–Crippen MR) is 62.4 cm³/mol. The minimum atomic E-state index is -0.0878. The molecule has 17 heavy (non-hydrogen) atoms. The molecule has 0 bridgehead atoms. The number of amides is 1. The molecule has 1 amide bonds. The highest BCUT2D eigenvalue weighted by atomic mass is 16.2. The van der Waals surface area contributed by atoms with Crippen LogP contribution in [-0.4, -0.2) is 53.9 Å². The van der Waals surface area contributed by atoms with Crippen molar-refractivity contribution in [2.45, 2.75) is 0 Å². The summed E-state index contributed by atoms with van der Waals surface area (Å²) in [6, 6.07) is 5.15. The fraction of sp³-hybridized carbons (Fsp3) is 0.417. The van der Waals surface area contributed by atoms with E-state index in [1.54, 1.807) is 17.0 Å². The minimum Gasteiger partial charge on any atom is -0.335 e. The molecule has 5 heteroatoms. The van der Waals surface area contributed by atoms with E-state index in [9.17, 15) is 4.79 Å². The highest BCUT2D eigenvalue weighted by molar-refractivity contribution is 5.92. The Morgan fingerprint density at radius 3 is 2.76 bits per heavy atom. The summed E-state index contributed by atoms with van der Waals surface area (Å²) in [5.41, 5.74) is 0.825. The van der Waals surface area contributed by atoms with Crippen LogP contribution < -0.4 is 0 Å². The summed E-state index contributed by atoms with van der Waals surface area (Å²) in [4.78, 5) is 20.1. The topological polar surface area (TPSA) is 60.2 Å². The molecule has 0 atom stereocenters. The Morgan fingerprint density at radius 2 is 2.12 bits per heavy atom. The number of nitriles is 1. The largest absolute Gasteiger partial charge is 0.335 e. The number of carbonyl (C=O) groups is 1. The quantitative estimate of drug-likeness (QED) is 0.698. The van der Waals surface area contributed by atoms with Crippen molar-refractivity contribution in [3.05, 3.63) is 29.6 Å². The van der Waals surface area contributed by atoms with Gasteiger partial charge < -0.3 is 9.80 Å². The van der Waals surface area contributed by atoms with E-state index in [0.717, 1.165) is 13.1 Å². The zero-order valence-corrected chi connectivity index (χ0v) is 9.76. The first kappa shape index (κ1) is 11.6. The number of piperazine rings is 1. The molecule has 88 valence electrons. The molecule has 0 radical (unpaired) electrons. The van der Waals surface area contributed by atoms with Crippen molar-refractivity contribution in [3.63, 3.8) is 0 Å². The number of rotatable bonds is 1. The monoisotopic (exact) mass is 230 g/mol. The summed E-state index contributed by atoms with van der Waals surface area (Å²) in [6.45, 7) is 3.19. The number of carbonyl (C=O) groups excluding carboxylic acids is 1. The second-order valence-electron chi connectivity index (χ2n) is 4.14. The van der Waals surface area contributed by atoms with E-state index in [-0.39, 0.29) is 5.91 Å². The average Bonchev–Trinajstić information content (AvgIpc) is 2.39. The Kier molecular flexibility index (Phi) is 3.35. The van der Waals surface area contributed by atoms with E-state index in [4.69, 9.17) is 5.26 Å². The molecule has 2 rings (SSSR count). The molecule has 0 aromatic carbocycles. The average molecular weight is 230 g/mol. The van der Waals surface area contributed by atoms with Crippen LogP contribution >= 0.6 is 0 Å². The Bertz CT molecular complexity index is 458. The molecule has 1 aliphatic rings. The molecule has 0 N–H and O–H groups in total. The van der Waals surface area contributed by atoms with Crippen molar-refractivity contribution in [1.82, 2.24) is 14.8 Å². The molecule has 1 aliphatic heterocycles. The van der Waals surface area contributed by atoms with Gasteiger partial charge in [-0.15, -0.1) is 0 Å². The van der Waals surface area contributed by atoms with Crippen molar-refractivity contribution >= 4 is 5.91 Å². The van der Waals surface area contributed by atoms with E-state index < -0.39 is 0 Å². The van der Waals surface area contributed by atoms with Gasteiger partial charge in [0.2, 0.25) is 0 Å². The first-order chi connectivity index (χ1) is 8.20. The molecule has 1 aromatic heterocycles. The highest BCUT2D eigenvalue weighted by Crippen LogP contribution is 2.07. The van der Waals surface area contributed by atoms with Gasteiger partial charge in [-0.1, -0.05) is 0 Å². The zero-order chi connectivity index (χ0) is 12.3. The van der Waals surface area contributed by atoms with Gasteiger partial charge in [-0.3, -0.25) is 9.78 Å². The maximum absolute atomic E-state index is 12.1. The summed E-state index contributed by atoms with van der Waals surface area (Å²) >= 11 is 0. The normalized spacial score (nSPS) is 16.6. The van der Waals surface area contributed by atoms with Crippen LogP contribution in [0.25, 0.3) is 0 Å². The van der Waals surface area contributed by atoms with E-state index in [0.29, 0.717) is 24.3 Å². The van der Waals surface area contributed by atoms with Crippen LogP contribution in [0.2, 0.25) is 0 Å². The molecule has 0 spiro atoms. The lowest BCUT2D eigenvalue weighted by molar-refractivity contribution is 0.0658. The number of nitrogens with zero attached hydrogens (tertiary/aromatic N) is 4. The third kappa shape index (κ3) is 2.60. The van der Waals surface area contributed by atoms with Crippen LogP contribution in [-0.2, 0) is 0 Å². The second-order valence-corrected chi connectivity index (χ2v) is 4.14. The minimum absolute atomic E-state index is 0.0878. The smallest absolute Gasteiger partial charge is 0.272 e. The van der Waals surface area contributed by atoms with Crippen LogP contribution in [0.1, 0.15) is 16.1 Å². The van der Waals surface area contributed by atoms with Gasteiger partial charge in [-0.05, 0) is 19.2 Å². The number of pyridine rings is 1. The van der Waals surface area contributed by atoms with Crippen LogP contribution in [0, 0.1) is 11.3 Å². The summed E-state index contributed by atoms with van der Waals surface area (Å²) < 4.78 is 0. The van der Waals surface area contributed by atoms with Gasteiger partial charge in [0.15, 0.2) is 0 Å². The number of likely N-dealkylation sites (N-methyl/N-ethyl adjacent to an activating group) is 1. The Hall–Kier alpha value is -1.93. The molecule has 1 aromatic rings. The standard InChI is InChI=1S/C12H14N4O/c1-15-4-6-16(7-5-15)12(17)11-8-10(9-13)2-3-14-11/h2-3,8H,4-7H2,1H3. The van der Waals surface area contributed by atoms with Gasteiger partial charge in [0.05, 0.1) is 11.6 Å². The lowest BCUT2D eigenvalue weighted by Gasteiger charge is -2.32. The molecule has 5 nitrogen and oxygen atoms in total. The van der Waals surface area contributed by atoms with E-state index in [1.165, 1.54) is 6.20 Å². The van der Waals surface area contributed by atoms with Gasteiger partial charge in [-0.2, -0.15) is 5.26 Å². The fourth-order valence-corrected chi connectivity index (χ4v) is 1.79. The van der Waals surface area contributed by atoms with Gasteiger partial charge in [0, 0.05) is 32.4 Å². The van der Waals surface area contributed by atoms with Gasteiger partial charge in [0.1, 0.15) is 5.69 Å².